The molecule has 1 aliphatic rings. The van der Waals surface area contributed by atoms with Gasteiger partial charge in [-0.15, -0.1) is 0 Å². The first-order valence-corrected chi connectivity index (χ1v) is 8.26. The Bertz CT molecular complexity index is 733. The molecule has 1 aliphatic heterocycles. The van der Waals surface area contributed by atoms with E-state index in [0.29, 0.717) is 19.5 Å². The second kappa shape index (κ2) is 6.90. The van der Waals surface area contributed by atoms with Gasteiger partial charge in [0.05, 0.1) is 11.7 Å². The fourth-order valence-electron chi connectivity index (χ4n) is 3.24. The number of nitrogens with two attached hydrogens (primary N) is 1. The summed E-state index contributed by atoms with van der Waals surface area (Å²) < 4.78 is 0. The predicted octanol–water partition coefficient (Wildman–Crippen LogP) is 1.50. The zero-order valence-corrected chi connectivity index (χ0v) is 13.9. The van der Waals surface area contributed by atoms with E-state index in [1.54, 1.807) is 18.1 Å². The zero-order chi connectivity index (χ0) is 17.1. The van der Waals surface area contributed by atoms with Crippen LogP contribution in [0.2, 0.25) is 0 Å². The average Bonchev–Trinajstić information content (AvgIpc) is 3.06. The molecule has 1 fully saturated rings. The Balaban J connectivity index is 1.50. The van der Waals surface area contributed by atoms with E-state index in [1.165, 1.54) is 0 Å². The number of primary amides is 1. The summed E-state index contributed by atoms with van der Waals surface area (Å²) in [5.41, 5.74) is 7.45. The highest BCUT2D eigenvalue weighted by atomic mass is 16.2. The Morgan fingerprint density at radius 1 is 1.38 bits per heavy atom. The van der Waals surface area contributed by atoms with Crippen LogP contribution >= 0.6 is 0 Å². The molecule has 3 rings (SSSR count). The molecular formula is C17H23N5O2. The van der Waals surface area contributed by atoms with Crippen molar-refractivity contribution in [1.29, 1.82) is 0 Å². The smallest absolute Gasteiger partial charge is 0.314 e. The third kappa shape index (κ3) is 3.50. The van der Waals surface area contributed by atoms with E-state index in [0.717, 1.165) is 35.7 Å². The minimum atomic E-state index is -0.408. The average molecular weight is 329 g/mol. The summed E-state index contributed by atoms with van der Waals surface area (Å²) in [6, 6.07) is 5.82. The number of fused-ring (bicyclic) bond motifs is 1. The molecule has 1 saturated heterocycles. The second-order valence-electron chi connectivity index (χ2n) is 6.35. The maximum Gasteiger partial charge on any atom is 0.314 e. The van der Waals surface area contributed by atoms with Gasteiger partial charge in [0.15, 0.2) is 0 Å². The molecule has 0 aliphatic carbocycles. The quantitative estimate of drug-likeness (QED) is 0.889. The van der Waals surface area contributed by atoms with Gasteiger partial charge in [0.1, 0.15) is 0 Å². The lowest BCUT2D eigenvalue weighted by molar-refractivity contribution is -0.132. The zero-order valence-electron chi connectivity index (χ0n) is 13.9. The lowest BCUT2D eigenvalue weighted by Crippen LogP contribution is -2.48. The molecule has 2 heterocycles. The highest BCUT2D eigenvalue weighted by molar-refractivity contribution is 5.79. The molecule has 24 heavy (non-hydrogen) atoms. The van der Waals surface area contributed by atoms with Gasteiger partial charge in [-0.25, -0.2) is 4.79 Å². The summed E-state index contributed by atoms with van der Waals surface area (Å²) in [5, 5.41) is 8.00. The normalized spacial score (nSPS) is 15.6. The number of hydrogen-bond donors (Lipinski definition) is 2. The molecule has 7 nitrogen and oxygen atoms in total. The van der Waals surface area contributed by atoms with Gasteiger partial charge < -0.3 is 15.5 Å². The number of aromatic amines is 1. The molecule has 0 unspecified atom stereocenters. The van der Waals surface area contributed by atoms with Crippen LogP contribution in [-0.2, 0) is 11.2 Å². The Labute approximate surface area is 140 Å². The van der Waals surface area contributed by atoms with Crippen molar-refractivity contribution in [2.75, 3.05) is 20.1 Å². The van der Waals surface area contributed by atoms with Gasteiger partial charge in [-0.2, -0.15) is 5.10 Å². The number of piperidine rings is 1. The SMILES string of the molecule is CN(C(N)=O)C1CCN(C(=O)CCc2ccc3[nH]ncc3c2)CC1. The number of rotatable bonds is 4. The molecule has 0 bridgehead atoms. The highest BCUT2D eigenvalue weighted by Crippen LogP contribution is 2.18. The molecular weight excluding hydrogens is 306 g/mol. The predicted molar refractivity (Wildman–Crippen MR) is 91.4 cm³/mol. The van der Waals surface area contributed by atoms with Crippen LogP contribution in [0, 0.1) is 0 Å². The summed E-state index contributed by atoms with van der Waals surface area (Å²) in [7, 11) is 1.72. The fourth-order valence-corrected chi connectivity index (χ4v) is 3.24. The van der Waals surface area contributed by atoms with Crippen molar-refractivity contribution >= 4 is 22.8 Å². The molecule has 128 valence electrons. The Hall–Kier alpha value is -2.57. The first kappa shape index (κ1) is 16.3. The van der Waals surface area contributed by atoms with Crippen LogP contribution in [0.4, 0.5) is 4.79 Å². The van der Waals surface area contributed by atoms with Gasteiger partial charge >= 0.3 is 6.03 Å². The third-order valence-electron chi connectivity index (χ3n) is 4.84. The lowest BCUT2D eigenvalue weighted by Gasteiger charge is -2.36. The molecule has 0 atom stereocenters. The maximum absolute atomic E-state index is 12.4. The second-order valence-corrected chi connectivity index (χ2v) is 6.35. The molecule has 0 saturated carbocycles. The highest BCUT2D eigenvalue weighted by Gasteiger charge is 2.26. The van der Waals surface area contributed by atoms with Crippen molar-refractivity contribution in [3.8, 4) is 0 Å². The molecule has 1 aromatic heterocycles. The molecule has 3 amide bonds. The van der Waals surface area contributed by atoms with E-state index in [2.05, 4.69) is 16.3 Å². The van der Waals surface area contributed by atoms with Crippen molar-refractivity contribution in [2.45, 2.75) is 31.7 Å². The summed E-state index contributed by atoms with van der Waals surface area (Å²) in [4.78, 5) is 27.1. The number of hydrogen-bond acceptors (Lipinski definition) is 3. The van der Waals surface area contributed by atoms with Crippen LogP contribution in [0.5, 0.6) is 0 Å². The fraction of sp³-hybridized carbons (Fsp3) is 0.471. The summed E-state index contributed by atoms with van der Waals surface area (Å²) in [5.74, 6) is 0.169. The summed E-state index contributed by atoms with van der Waals surface area (Å²) in [6.45, 7) is 1.36. The lowest BCUT2D eigenvalue weighted by atomic mass is 10.0. The van der Waals surface area contributed by atoms with Crippen LogP contribution in [0.3, 0.4) is 0 Å². The van der Waals surface area contributed by atoms with E-state index in [-0.39, 0.29) is 11.9 Å². The van der Waals surface area contributed by atoms with Crippen LogP contribution in [0.25, 0.3) is 10.9 Å². The summed E-state index contributed by atoms with van der Waals surface area (Å²) in [6.07, 6.45) is 4.58. The van der Waals surface area contributed by atoms with Crippen molar-refractivity contribution in [2.24, 2.45) is 5.73 Å². The van der Waals surface area contributed by atoms with Gasteiger partial charge in [-0.1, -0.05) is 6.07 Å². The number of amides is 3. The standard InChI is InChI=1S/C17H23N5O2/c1-21(17(18)24)14-6-8-22(9-7-14)16(23)5-3-12-2-4-15-13(10-12)11-19-20-15/h2,4,10-11,14H,3,5-9H2,1H3,(H2,18,24)(H,19,20). The van der Waals surface area contributed by atoms with Crippen LogP contribution in [-0.4, -0.2) is 58.1 Å². The number of urea groups is 1. The Morgan fingerprint density at radius 2 is 2.12 bits per heavy atom. The number of benzene rings is 1. The molecule has 0 spiro atoms. The van der Waals surface area contributed by atoms with E-state index in [4.69, 9.17) is 5.73 Å². The van der Waals surface area contributed by atoms with E-state index >= 15 is 0 Å². The van der Waals surface area contributed by atoms with Crippen molar-refractivity contribution in [3.05, 3.63) is 30.0 Å². The van der Waals surface area contributed by atoms with E-state index < -0.39 is 6.03 Å². The largest absolute Gasteiger partial charge is 0.351 e. The number of carbonyl (C=O) groups is 2. The maximum atomic E-state index is 12.4. The number of aryl methyl sites for hydroxylation is 1. The van der Waals surface area contributed by atoms with Crippen LogP contribution < -0.4 is 5.73 Å². The number of carbonyl (C=O) groups excluding carboxylic acids is 2. The monoisotopic (exact) mass is 329 g/mol. The van der Waals surface area contributed by atoms with Gasteiger partial charge in [-0.3, -0.25) is 9.89 Å². The topological polar surface area (TPSA) is 95.3 Å². The molecule has 1 aromatic carbocycles. The molecule has 2 aromatic rings. The van der Waals surface area contributed by atoms with Gasteiger partial charge in [0.2, 0.25) is 5.91 Å². The number of likely N-dealkylation sites (tertiary alicyclic amines) is 1. The van der Waals surface area contributed by atoms with Gasteiger partial charge in [0.25, 0.3) is 0 Å². The first-order valence-electron chi connectivity index (χ1n) is 8.26. The van der Waals surface area contributed by atoms with Crippen LogP contribution in [0.15, 0.2) is 24.4 Å². The minimum absolute atomic E-state index is 0.134. The first-order chi connectivity index (χ1) is 11.5. The van der Waals surface area contributed by atoms with Crippen molar-refractivity contribution in [3.63, 3.8) is 0 Å². The van der Waals surface area contributed by atoms with Gasteiger partial charge in [-0.05, 0) is 37.0 Å². The number of aromatic nitrogens is 2. The minimum Gasteiger partial charge on any atom is -0.351 e. The van der Waals surface area contributed by atoms with E-state index in [1.807, 2.05) is 17.0 Å². The number of nitrogens with zero attached hydrogens (tertiary/aromatic N) is 3. The van der Waals surface area contributed by atoms with Gasteiger partial charge in [0, 0.05) is 38.0 Å². The summed E-state index contributed by atoms with van der Waals surface area (Å²) >= 11 is 0. The van der Waals surface area contributed by atoms with Crippen molar-refractivity contribution in [1.82, 2.24) is 20.0 Å². The molecule has 7 heteroatoms. The van der Waals surface area contributed by atoms with Crippen molar-refractivity contribution < 1.29 is 9.59 Å². The number of H-pyrrole nitrogens is 1. The Kier molecular flexibility index (Phi) is 4.69. The Morgan fingerprint density at radius 3 is 2.83 bits per heavy atom. The molecule has 0 radical (unpaired) electrons. The van der Waals surface area contributed by atoms with Crippen LogP contribution in [0.1, 0.15) is 24.8 Å². The molecule has 3 N–H and O–H groups in total. The number of nitrogens with one attached hydrogen (secondary N) is 1. The third-order valence-corrected chi connectivity index (χ3v) is 4.84. The van der Waals surface area contributed by atoms with E-state index in [9.17, 15) is 9.59 Å².